The third-order valence-electron chi connectivity index (χ3n) is 1.92. The Morgan fingerprint density at radius 3 is 2.67 bits per heavy atom. The molecule has 0 aliphatic rings. The molecule has 0 saturated carbocycles. The van der Waals surface area contributed by atoms with E-state index in [0.717, 1.165) is 12.1 Å². The van der Waals surface area contributed by atoms with Gasteiger partial charge in [0, 0.05) is 11.6 Å². The highest BCUT2D eigenvalue weighted by Gasteiger charge is 2.17. The third kappa shape index (κ3) is 2.49. The van der Waals surface area contributed by atoms with Crippen LogP contribution in [0.4, 0.5) is 10.1 Å². The van der Waals surface area contributed by atoms with Crippen molar-refractivity contribution in [2.75, 3.05) is 0 Å². The van der Waals surface area contributed by atoms with Crippen molar-refractivity contribution in [3.05, 3.63) is 39.2 Å². The van der Waals surface area contributed by atoms with E-state index in [9.17, 15) is 19.3 Å². The minimum absolute atomic E-state index is 0.00407. The molecule has 1 amide bonds. The van der Waals surface area contributed by atoms with Crippen molar-refractivity contribution in [3.8, 4) is 0 Å². The number of halogens is 1. The Hall–Kier alpha value is -1.98. The number of nitro groups is 1. The van der Waals surface area contributed by atoms with Gasteiger partial charge in [0.15, 0.2) is 0 Å². The van der Waals surface area contributed by atoms with Crippen molar-refractivity contribution in [2.24, 2.45) is 5.73 Å². The zero-order chi connectivity index (χ0) is 11.6. The topological polar surface area (TPSA) is 86.2 Å². The summed E-state index contributed by atoms with van der Waals surface area (Å²) >= 11 is 0. The van der Waals surface area contributed by atoms with E-state index < -0.39 is 16.6 Å². The molecule has 0 atom stereocenters. The van der Waals surface area contributed by atoms with Crippen LogP contribution in [0.25, 0.3) is 0 Å². The summed E-state index contributed by atoms with van der Waals surface area (Å²) < 4.78 is 13.1. The van der Waals surface area contributed by atoms with Gasteiger partial charge >= 0.3 is 0 Å². The largest absolute Gasteiger partial charge is 0.369 e. The number of carbonyl (C=O) groups is 1. The summed E-state index contributed by atoms with van der Waals surface area (Å²) in [6, 6.07) is 2.06. The number of amides is 1. The van der Waals surface area contributed by atoms with Gasteiger partial charge in [0.05, 0.1) is 11.3 Å². The maximum atomic E-state index is 13.1. The first-order valence-electron chi connectivity index (χ1n) is 4.13. The summed E-state index contributed by atoms with van der Waals surface area (Å²) in [4.78, 5) is 20.6. The van der Waals surface area contributed by atoms with Crippen molar-refractivity contribution in [1.29, 1.82) is 0 Å². The number of primary amides is 1. The Balaban J connectivity index is 3.28. The number of nitro benzene ring substituents is 1. The van der Waals surface area contributed by atoms with Crippen LogP contribution in [0.1, 0.15) is 11.1 Å². The fourth-order valence-electron chi connectivity index (χ4n) is 1.21. The molecule has 0 spiro atoms. The standard InChI is InChI=1S/C9H9FN2O3/c1-5-2-8(12(14)15)6(3-7(5)10)4-9(11)13/h2-3H,4H2,1H3,(H2,11,13). The molecule has 0 bridgehead atoms. The molecule has 0 aliphatic carbocycles. The molecule has 0 radical (unpaired) electrons. The van der Waals surface area contributed by atoms with Gasteiger partial charge in [-0.05, 0) is 18.6 Å². The monoisotopic (exact) mass is 212 g/mol. The predicted molar refractivity (Wildman–Crippen MR) is 50.7 cm³/mol. The normalized spacial score (nSPS) is 10.0. The van der Waals surface area contributed by atoms with Gasteiger partial charge in [-0.25, -0.2) is 4.39 Å². The Kier molecular flexibility index (Phi) is 2.99. The second-order valence-electron chi connectivity index (χ2n) is 3.13. The van der Waals surface area contributed by atoms with Crippen molar-refractivity contribution in [2.45, 2.75) is 13.3 Å². The number of nitrogens with two attached hydrogens (primary N) is 1. The molecular formula is C9H9FN2O3. The van der Waals surface area contributed by atoms with E-state index in [1.165, 1.54) is 6.92 Å². The van der Waals surface area contributed by atoms with Crippen LogP contribution in [-0.4, -0.2) is 10.8 Å². The summed E-state index contributed by atoms with van der Waals surface area (Å²) in [6.45, 7) is 1.41. The van der Waals surface area contributed by atoms with Gasteiger partial charge in [0.25, 0.3) is 5.69 Å². The minimum atomic E-state index is -0.735. The Bertz CT molecular complexity index is 432. The predicted octanol–water partition coefficient (Wildman–Crippen LogP) is 1.07. The lowest BCUT2D eigenvalue weighted by Gasteiger charge is -2.02. The van der Waals surface area contributed by atoms with Crippen LogP contribution in [-0.2, 0) is 11.2 Å². The lowest BCUT2D eigenvalue weighted by atomic mass is 10.1. The molecular weight excluding hydrogens is 203 g/mol. The first-order valence-corrected chi connectivity index (χ1v) is 4.13. The molecule has 0 fully saturated rings. The molecule has 1 rings (SSSR count). The molecule has 1 aromatic rings. The molecule has 15 heavy (non-hydrogen) atoms. The van der Waals surface area contributed by atoms with E-state index >= 15 is 0 Å². The Morgan fingerprint density at radius 2 is 2.20 bits per heavy atom. The van der Waals surface area contributed by atoms with Gasteiger partial charge in [-0.3, -0.25) is 14.9 Å². The summed E-state index contributed by atoms with van der Waals surface area (Å²) in [5, 5.41) is 10.6. The van der Waals surface area contributed by atoms with Gasteiger partial charge in [-0.15, -0.1) is 0 Å². The zero-order valence-electron chi connectivity index (χ0n) is 7.99. The summed E-state index contributed by atoms with van der Waals surface area (Å²) in [7, 11) is 0. The highest BCUT2D eigenvalue weighted by molar-refractivity contribution is 5.78. The SMILES string of the molecule is Cc1cc([N+](=O)[O-])c(CC(N)=O)cc1F. The fraction of sp³-hybridized carbons (Fsp3) is 0.222. The van der Waals surface area contributed by atoms with Crippen molar-refractivity contribution in [1.82, 2.24) is 0 Å². The summed E-state index contributed by atoms with van der Waals surface area (Å²) in [6.07, 6.45) is -0.340. The molecule has 0 unspecified atom stereocenters. The minimum Gasteiger partial charge on any atom is -0.369 e. The lowest BCUT2D eigenvalue weighted by Crippen LogP contribution is -2.15. The van der Waals surface area contributed by atoms with E-state index in [0.29, 0.717) is 0 Å². The molecule has 1 aromatic carbocycles. The van der Waals surface area contributed by atoms with E-state index in [4.69, 9.17) is 5.73 Å². The first kappa shape index (κ1) is 11.1. The van der Waals surface area contributed by atoms with Gasteiger partial charge in [0.1, 0.15) is 5.82 Å². The number of benzene rings is 1. The maximum absolute atomic E-state index is 13.1. The average Bonchev–Trinajstić information content (AvgIpc) is 2.09. The zero-order valence-corrected chi connectivity index (χ0v) is 7.99. The van der Waals surface area contributed by atoms with E-state index in [1.54, 1.807) is 0 Å². The molecule has 0 heterocycles. The smallest absolute Gasteiger partial charge is 0.273 e. The van der Waals surface area contributed by atoms with Crippen LogP contribution in [0.2, 0.25) is 0 Å². The summed E-state index contributed by atoms with van der Waals surface area (Å²) in [5.41, 5.74) is 4.77. The number of aryl methyl sites for hydroxylation is 1. The van der Waals surface area contributed by atoms with E-state index in [1.807, 2.05) is 0 Å². The highest BCUT2D eigenvalue weighted by atomic mass is 19.1. The number of carbonyl (C=O) groups excluding carboxylic acids is 1. The van der Waals surface area contributed by atoms with Gasteiger partial charge in [-0.2, -0.15) is 0 Å². The quantitative estimate of drug-likeness (QED) is 0.600. The number of hydrogen-bond acceptors (Lipinski definition) is 3. The number of hydrogen-bond donors (Lipinski definition) is 1. The molecule has 80 valence electrons. The van der Waals surface area contributed by atoms with E-state index in [2.05, 4.69) is 0 Å². The van der Waals surface area contributed by atoms with Crippen LogP contribution in [0.5, 0.6) is 0 Å². The molecule has 0 aromatic heterocycles. The number of rotatable bonds is 3. The molecule has 0 saturated heterocycles. The number of nitrogens with zero attached hydrogens (tertiary/aromatic N) is 1. The second-order valence-corrected chi connectivity index (χ2v) is 3.13. The van der Waals surface area contributed by atoms with Crippen LogP contribution in [0, 0.1) is 22.9 Å². The highest BCUT2D eigenvalue weighted by Crippen LogP contribution is 2.22. The molecule has 5 nitrogen and oxygen atoms in total. The van der Waals surface area contributed by atoms with Crippen LogP contribution >= 0.6 is 0 Å². The fourth-order valence-corrected chi connectivity index (χ4v) is 1.21. The van der Waals surface area contributed by atoms with Gasteiger partial charge in [0.2, 0.25) is 5.91 Å². The Labute approximate surface area is 84.8 Å². The van der Waals surface area contributed by atoms with Gasteiger partial charge in [-0.1, -0.05) is 0 Å². The molecule has 0 aliphatic heterocycles. The molecule has 2 N–H and O–H groups in total. The summed E-state index contributed by atoms with van der Waals surface area (Å²) in [5.74, 6) is -1.32. The lowest BCUT2D eigenvalue weighted by molar-refractivity contribution is -0.385. The first-order chi connectivity index (χ1) is 6.91. The maximum Gasteiger partial charge on any atom is 0.273 e. The van der Waals surface area contributed by atoms with Crippen molar-refractivity contribution < 1.29 is 14.1 Å². The van der Waals surface area contributed by atoms with Crippen LogP contribution < -0.4 is 5.73 Å². The second kappa shape index (κ2) is 4.04. The van der Waals surface area contributed by atoms with Crippen LogP contribution in [0.15, 0.2) is 12.1 Å². The van der Waals surface area contributed by atoms with Crippen molar-refractivity contribution in [3.63, 3.8) is 0 Å². The third-order valence-corrected chi connectivity index (χ3v) is 1.92. The Morgan fingerprint density at radius 1 is 1.60 bits per heavy atom. The van der Waals surface area contributed by atoms with Gasteiger partial charge < -0.3 is 5.73 Å². The van der Waals surface area contributed by atoms with E-state index in [-0.39, 0.29) is 23.2 Å². The van der Waals surface area contributed by atoms with Crippen LogP contribution in [0.3, 0.4) is 0 Å². The molecule has 6 heteroatoms. The average molecular weight is 212 g/mol. The van der Waals surface area contributed by atoms with Crippen molar-refractivity contribution >= 4 is 11.6 Å².